The average Bonchev–Trinajstić information content (AvgIpc) is 3.01. The molecule has 1 aromatic carbocycles. The molecule has 0 radical (unpaired) electrons. The molecule has 2 aliphatic rings. The van der Waals surface area contributed by atoms with E-state index in [2.05, 4.69) is 10.2 Å². The van der Waals surface area contributed by atoms with Gasteiger partial charge in [-0.1, -0.05) is 0 Å². The Morgan fingerprint density at radius 2 is 2.06 bits per heavy atom. The van der Waals surface area contributed by atoms with E-state index in [0.29, 0.717) is 5.41 Å². The SMILES string of the molecule is O=[N+]([O-])c1ccc(N2CC[C@]3(CCNC3)C2)cc1. The van der Waals surface area contributed by atoms with Crippen LogP contribution in [0, 0.1) is 15.5 Å². The maximum Gasteiger partial charge on any atom is 0.269 e. The van der Waals surface area contributed by atoms with Crippen molar-refractivity contribution in [2.75, 3.05) is 31.1 Å². The number of benzene rings is 1. The van der Waals surface area contributed by atoms with Crippen LogP contribution in [0.3, 0.4) is 0 Å². The summed E-state index contributed by atoms with van der Waals surface area (Å²) >= 11 is 0. The van der Waals surface area contributed by atoms with E-state index in [1.807, 2.05) is 12.1 Å². The Morgan fingerprint density at radius 3 is 2.67 bits per heavy atom. The lowest BCUT2D eigenvalue weighted by Gasteiger charge is -2.23. The first-order valence-corrected chi connectivity index (χ1v) is 6.39. The van der Waals surface area contributed by atoms with Crippen molar-refractivity contribution in [1.29, 1.82) is 0 Å². The lowest BCUT2D eigenvalue weighted by atomic mass is 9.86. The van der Waals surface area contributed by atoms with Crippen LogP contribution < -0.4 is 10.2 Å². The number of anilines is 1. The molecule has 0 amide bonds. The minimum atomic E-state index is -0.351. The number of nitro benzene ring substituents is 1. The zero-order chi connectivity index (χ0) is 12.6. The second-order valence-corrected chi connectivity index (χ2v) is 5.37. The van der Waals surface area contributed by atoms with Gasteiger partial charge in [0.2, 0.25) is 0 Å². The Balaban J connectivity index is 1.74. The van der Waals surface area contributed by atoms with E-state index in [4.69, 9.17) is 0 Å². The van der Waals surface area contributed by atoms with Crippen LogP contribution in [0.2, 0.25) is 0 Å². The zero-order valence-corrected chi connectivity index (χ0v) is 10.3. The summed E-state index contributed by atoms with van der Waals surface area (Å²) in [5.74, 6) is 0. The third-order valence-corrected chi connectivity index (χ3v) is 4.20. The van der Waals surface area contributed by atoms with Crippen molar-refractivity contribution in [2.45, 2.75) is 12.8 Å². The summed E-state index contributed by atoms with van der Waals surface area (Å²) < 4.78 is 0. The van der Waals surface area contributed by atoms with Crippen molar-refractivity contribution < 1.29 is 4.92 Å². The second-order valence-electron chi connectivity index (χ2n) is 5.37. The molecule has 2 fully saturated rings. The first kappa shape index (κ1) is 11.5. The fourth-order valence-electron chi connectivity index (χ4n) is 3.08. The quantitative estimate of drug-likeness (QED) is 0.639. The summed E-state index contributed by atoms with van der Waals surface area (Å²) in [5, 5.41) is 14.1. The molecule has 5 nitrogen and oxygen atoms in total. The van der Waals surface area contributed by atoms with Crippen LogP contribution >= 0.6 is 0 Å². The Hall–Kier alpha value is -1.62. The number of hydrogen-bond donors (Lipinski definition) is 1. The van der Waals surface area contributed by atoms with Crippen molar-refractivity contribution in [3.05, 3.63) is 34.4 Å². The van der Waals surface area contributed by atoms with Gasteiger partial charge in [0.1, 0.15) is 0 Å². The highest BCUT2D eigenvalue weighted by molar-refractivity contribution is 5.52. The van der Waals surface area contributed by atoms with E-state index in [-0.39, 0.29) is 10.6 Å². The van der Waals surface area contributed by atoms with Gasteiger partial charge in [0.25, 0.3) is 5.69 Å². The van der Waals surface area contributed by atoms with Crippen molar-refractivity contribution >= 4 is 11.4 Å². The van der Waals surface area contributed by atoms with Crippen molar-refractivity contribution in [2.24, 2.45) is 5.41 Å². The van der Waals surface area contributed by atoms with Gasteiger partial charge in [-0.05, 0) is 31.5 Å². The van der Waals surface area contributed by atoms with Gasteiger partial charge in [-0.3, -0.25) is 10.1 Å². The molecule has 1 aromatic rings. The molecule has 96 valence electrons. The third-order valence-electron chi connectivity index (χ3n) is 4.20. The first-order valence-electron chi connectivity index (χ1n) is 6.39. The zero-order valence-electron chi connectivity index (χ0n) is 10.3. The minimum absolute atomic E-state index is 0.162. The fraction of sp³-hybridized carbons (Fsp3) is 0.538. The number of non-ortho nitro benzene ring substituents is 1. The van der Waals surface area contributed by atoms with E-state index < -0.39 is 0 Å². The minimum Gasteiger partial charge on any atom is -0.371 e. The maximum absolute atomic E-state index is 10.6. The summed E-state index contributed by atoms with van der Waals surface area (Å²) in [5.41, 5.74) is 1.70. The lowest BCUT2D eigenvalue weighted by Crippen LogP contribution is -2.29. The van der Waals surface area contributed by atoms with Gasteiger partial charge in [0, 0.05) is 42.9 Å². The van der Waals surface area contributed by atoms with Crippen LogP contribution in [0.1, 0.15) is 12.8 Å². The largest absolute Gasteiger partial charge is 0.371 e. The normalized spacial score (nSPS) is 27.0. The topological polar surface area (TPSA) is 58.4 Å². The molecule has 2 saturated heterocycles. The van der Waals surface area contributed by atoms with Crippen LogP contribution in [0.15, 0.2) is 24.3 Å². The Bertz CT molecular complexity index is 452. The molecule has 18 heavy (non-hydrogen) atoms. The van der Waals surface area contributed by atoms with Gasteiger partial charge in [-0.25, -0.2) is 0 Å². The van der Waals surface area contributed by atoms with E-state index in [0.717, 1.165) is 31.9 Å². The van der Waals surface area contributed by atoms with Crippen molar-refractivity contribution in [3.63, 3.8) is 0 Å². The van der Waals surface area contributed by atoms with Crippen LogP contribution in [0.5, 0.6) is 0 Å². The van der Waals surface area contributed by atoms with Gasteiger partial charge in [-0.2, -0.15) is 0 Å². The van der Waals surface area contributed by atoms with Gasteiger partial charge < -0.3 is 10.2 Å². The van der Waals surface area contributed by atoms with E-state index >= 15 is 0 Å². The maximum atomic E-state index is 10.6. The summed E-state index contributed by atoms with van der Waals surface area (Å²) in [6.45, 7) is 4.35. The first-order chi connectivity index (χ1) is 8.69. The highest BCUT2D eigenvalue weighted by Crippen LogP contribution is 2.38. The van der Waals surface area contributed by atoms with Crippen molar-refractivity contribution in [3.8, 4) is 0 Å². The number of nitrogens with one attached hydrogen (secondary N) is 1. The predicted octanol–water partition coefficient (Wildman–Crippen LogP) is 1.78. The Kier molecular flexibility index (Phi) is 2.70. The molecule has 0 aliphatic carbocycles. The molecule has 3 rings (SSSR count). The number of nitrogens with zero attached hydrogens (tertiary/aromatic N) is 2. The molecule has 5 heteroatoms. The van der Waals surface area contributed by atoms with Crippen LogP contribution in [-0.2, 0) is 0 Å². The number of hydrogen-bond acceptors (Lipinski definition) is 4. The molecule has 0 unspecified atom stereocenters. The lowest BCUT2D eigenvalue weighted by molar-refractivity contribution is -0.384. The molecule has 2 heterocycles. The molecule has 1 atom stereocenters. The predicted molar refractivity (Wildman–Crippen MR) is 69.8 cm³/mol. The van der Waals surface area contributed by atoms with Gasteiger partial charge in [0.05, 0.1) is 4.92 Å². The summed E-state index contributed by atoms with van der Waals surface area (Å²) in [6.07, 6.45) is 2.47. The molecule has 2 aliphatic heterocycles. The van der Waals surface area contributed by atoms with Gasteiger partial charge in [0.15, 0.2) is 0 Å². The highest BCUT2D eigenvalue weighted by Gasteiger charge is 2.40. The highest BCUT2D eigenvalue weighted by atomic mass is 16.6. The monoisotopic (exact) mass is 247 g/mol. The van der Waals surface area contributed by atoms with Crippen molar-refractivity contribution in [1.82, 2.24) is 5.32 Å². The summed E-state index contributed by atoms with van der Waals surface area (Å²) in [7, 11) is 0. The molecule has 0 saturated carbocycles. The molecular formula is C13H17N3O2. The van der Waals surface area contributed by atoms with E-state index in [1.165, 1.54) is 12.8 Å². The van der Waals surface area contributed by atoms with Crippen LogP contribution in [-0.4, -0.2) is 31.1 Å². The van der Waals surface area contributed by atoms with E-state index in [9.17, 15) is 10.1 Å². The van der Waals surface area contributed by atoms with Crippen LogP contribution in [0.25, 0.3) is 0 Å². The molecule has 1 spiro atoms. The van der Waals surface area contributed by atoms with Gasteiger partial charge in [-0.15, -0.1) is 0 Å². The Labute approximate surface area is 106 Å². The molecular weight excluding hydrogens is 230 g/mol. The summed E-state index contributed by atoms with van der Waals surface area (Å²) in [6, 6.07) is 6.90. The fourth-order valence-corrected chi connectivity index (χ4v) is 3.08. The second kappa shape index (κ2) is 4.24. The molecule has 0 bridgehead atoms. The summed E-state index contributed by atoms with van der Waals surface area (Å²) in [4.78, 5) is 12.6. The average molecular weight is 247 g/mol. The van der Waals surface area contributed by atoms with Gasteiger partial charge >= 0.3 is 0 Å². The smallest absolute Gasteiger partial charge is 0.269 e. The van der Waals surface area contributed by atoms with E-state index in [1.54, 1.807) is 12.1 Å². The molecule has 0 aromatic heterocycles. The standard InChI is InChI=1S/C13H17N3O2/c17-16(18)12-3-1-11(2-4-12)15-8-6-13(10-15)5-7-14-9-13/h1-4,14H,5-10H2/t13-/m0/s1. The number of nitro groups is 1. The third kappa shape index (κ3) is 1.95. The molecule has 1 N–H and O–H groups in total. The van der Waals surface area contributed by atoms with Crippen LogP contribution in [0.4, 0.5) is 11.4 Å². The Morgan fingerprint density at radius 1 is 1.28 bits per heavy atom. The number of rotatable bonds is 2.